The lowest BCUT2D eigenvalue weighted by Gasteiger charge is -2.14. The SMILES string of the molecule is CSc1nc2ccccc2c(Nc2cccc(F)c2)c1C#N. The number of rotatable bonds is 3. The first-order valence-corrected chi connectivity index (χ1v) is 7.85. The first-order valence-electron chi connectivity index (χ1n) is 6.62. The summed E-state index contributed by atoms with van der Waals surface area (Å²) < 4.78 is 13.4. The molecule has 0 radical (unpaired) electrons. The topological polar surface area (TPSA) is 48.7 Å². The number of para-hydroxylation sites is 1. The van der Waals surface area contributed by atoms with Crippen LogP contribution in [0, 0.1) is 17.1 Å². The van der Waals surface area contributed by atoms with Crippen molar-refractivity contribution in [3.05, 3.63) is 59.9 Å². The van der Waals surface area contributed by atoms with Gasteiger partial charge in [0, 0.05) is 11.1 Å². The summed E-state index contributed by atoms with van der Waals surface area (Å²) in [7, 11) is 0. The van der Waals surface area contributed by atoms with Crippen LogP contribution in [0.2, 0.25) is 0 Å². The number of aromatic nitrogens is 1. The number of nitrogens with zero attached hydrogens (tertiary/aromatic N) is 2. The van der Waals surface area contributed by atoms with Gasteiger partial charge in [-0.25, -0.2) is 9.37 Å². The summed E-state index contributed by atoms with van der Waals surface area (Å²) in [6, 6.07) is 16.0. The Balaban J connectivity index is 2.24. The Kier molecular flexibility index (Phi) is 3.94. The van der Waals surface area contributed by atoms with Crippen LogP contribution >= 0.6 is 11.8 Å². The van der Waals surface area contributed by atoms with Crippen molar-refractivity contribution in [2.24, 2.45) is 0 Å². The molecule has 0 fully saturated rings. The van der Waals surface area contributed by atoms with Crippen LogP contribution in [0.25, 0.3) is 10.9 Å². The summed E-state index contributed by atoms with van der Waals surface area (Å²) in [5, 5.41) is 14.2. The minimum atomic E-state index is -0.327. The van der Waals surface area contributed by atoms with Gasteiger partial charge in [0.05, 0.1) is 11.2 Å². The smallest absolute Gasteiger partial charge is 0.125 e. The molecule has 0 amide bonds. The van der Waals surface area contributed by atoms with Gasteiger partial charge >= 0.3 is 0 Å². The molecule has 0 saturated carbocycles. The third-order valence-electron chi connectivity index (χ3n) is 3.26. The first kappa shape index (κ1) is 14.4. The first-order chi connectivity index (χ1) is 10.7. The molecule has 1 heterocycles. The highest BCUT2D eigenvalue weighted by molar-refractivity contribution is 7.98. The molecule has 0 aliphatic carbocycles. The lowest BCUT2D eigenvalue weighted by Crippen LogP contribution is -1.99. The standard InChI is InChI=1S/C17H12FN3S/c1-22-17-14(10-19)16(13-7-2-3-8-15(13)21-17)20-12-6-4-5-11(18)9-12/h2-9H,1H3,(H,20,21). The van der Waals surface area contributed by atoms with Crippen molar-refractivity contribution in [3.63, 3.8) is 0 Å². The van der Waals surface area contributed by atoms with Crippen LogP contribution in [0.4, 0.5) is 15.8 Å². The fraction of sp³-hybridized carbons (Fsp3) is 0.0588. The second-order valence-electron chi connectivity index (χ2n) is 4.64. The van der Waals surface area contributed by atoms with E-state index >= 15 is 0 Å². The fourth-order valence-corrected chi connectivity index (χ4v) is 2.82. The molecule has 3 rings (SSSR count). The summed E-state index contributed by atoms with van der Waals surface area (Å²) in [4.78, 5) is 4.51. The van der Waals surface area contributed by atoms with E-state index in [0.29, 0.717) is 22.0 Å². The number of thioether (sulfide) groups is 1. The van der Waals surface area contributed by atoms with E-state index in [9.17, 15) is 9.65 Å². The van der Waals surface area contributed by atoms with Crippen LogP contribution in [-0.2, 0) is 0 Å². The highest BCUT2D eigenvalue weighted by Gasteiger charge is 2.14. The Morgan fingerprint density at radius 3 is 2.73 bits per heavy atom. The van der Waals surface area contributed by atoms with Crippen LogP contribution in [0.1, 0.15) is 5.56 Å². The van der Waals surface area contributed by atoms with E-state index in [4.69, 9.17) is 0 Å². The second-order valence-corrected chi connectivity index (χ2v) is 5.43. The summed E-state index contributed by atoms with van der Waals surface area (Å²) in [6.45, 7) is 0. The van der Waals surface area contributed by atoms with Crippen LogP contribution < -0.4 is 5.32 Å². The van der Waals surface area contributed by atoms with Crippen LogP contribution in [0.15, 0.2) is 53.6 Å². The minimum Gasteiger partial charge on any atom is -0.354 e. The van der Waals surface area contributed by atoms with E-state index in [1.54, 1.807) is 12.1 Å². The zero-order valence-electron chi connectivity index (χ0n) is 11.8. The van der Waals surface area contributed by atoms with Crippen molar-refractivity contribution in [2.75, 3.05) is 11.6 Å². The average molecular weight is 309 g/mol. The Hall–Kier alpha value is -2.58. The van der Waals surface area contributed by atoms with Crippen molar-refractivity contribution in [1.82, 2.24) is 4.98 Å². The van der Waals surface area contributed by atoms with Gasteiger partial charge in [0.25, 0.3) is 0 Å². The van der Waals surface area contributed by atoms with E-state index < -0.39 is 0 Å². The summed E-state index contributed by atoms with van der Waals surface area (Å²) in [6.07, 6.45) is 1.88. The van der Waals surface area contributed by atoms with Gasteiger partial charge in [0.15, 0.2) is 0 Å². The van der Waals surface area contributed by atoms with Crippen LogP contribution in [-0.4, -0.2) is 11.2 Å². The monoisotopic (exact) mass is 309 g/mol. The van der Waals surface area contributed by atoms with Crippen molar-refractivity contribution in [3.8, 4) is 6.07 Å². The molecule has 1 aromatic heterocycles. The lowest BCUT2D eigenvalue weighted by atomic mass is 10.1. The summed E-state index contributed by atoms with van der Waals surface area (Å²) >= 11 is 1.42. The van der Waals surface area contributed by atoms with Gasteiger partial charge in [0.2, 0.25) is 0 Å². The summed E-state index contributed by atoms with van der Waals surface area (Å²) in [5.41, 5.74) is 2.52. The summed E-state index contributed by atoms with van der Waals surface area (Å²) in [5.74, 6) is -0.327. The van der Waals surface area contributed by atoms with Crippen molar-refractivity contribution in [1.29, 1.82) is 5.26 Å². The average Bonchev–Trinajstić information content (AvgIpc) is 2.54. The van der Waals surface area contributed by atoms with Crippen LogP contribution in [0.3, 0.4) is 0 Å². The van der Waals surface area contributed by atoms with Crippen molar-refractivity contribution in [2.45, 2.75) is 5.03 Å². The molecule has 108 valence electrons. The van der Waals surface area contributed by atoms with E-state index in [1.807, 2.05) is 30.5 Å². The second kappa shape index (κ2) is 6.04. The highest BCUT2D eigenvalue weighted by atomic mass is 32.2. The van der Waals surface area contributed by atoms with Crippen molar-refractivity contribution < 1.29 is 4.39 Å². The van der Waals surface area contributed by atoms with Gasteiger partial charge in [0.1, 0.15) is 22.5 Å². The quantitative estimate of drug-likeness (QED) is 0.712. The number of hydrogen-bond acceptors (Lipinski definition) is 4. The number of anilines is 2. The number of pyridine rings is 1. The molecule has 0 spiro atoms. The third kappa shape index (κ3) is 2.61. The highest BCUT2D eigenvalue weighted by Crippen LogP contribution is 2.34. The Labute approximate surface area is 131 Å². The fourth-order valence-electron chi connectivity index (χ4n) is 2.28. The number of halogens is 1. The minimum absolute atomic E-state index is 0.327. The van der Waals surface area contributed by atoms with Gasteiger partial charge in [-0.1, -0.05) is 24.3 Å². The zero-order chi connectivity index (χ0) is 15.5. The van der Waals surface area contributed by atoms with Gasteiger partial charge in [-0.15, -0.1) is 11.8 Å². The van der Waals surface area contributed by atoms with E-state index in [2.05, 4.69) is 16.4 Å². The number of fused-ring (bicyclic) bond motifs is 1. The Morgan fingerprint density at radius 1 is 1.18 bits per heavy atom. The van der Waals surface area contributed by atoms with E-state index in [-0.39, 0.29) is 5.82 Å². The molecule has 0 aliphatic heterocycles. The molecule has 22 heavy (non-hydrogen) atoms. The predicted octanol–water partition coefficient (Wildman–Crippen LogP) is 4.71. The van der Waals surface area contributed by atoms with Gasteiger partial charge in [-0.05, 0) is 30.5 Å². The predicted molar refractivity (Wildman–Crippen MR) is 87.9 cm³/mol. The molecule has 5 heteroatoms. The molecular weight excluding hydrogens is 297 g/mol. The molecule has 0 bridgehead atoms. The Morgan fingerprint density at radius 2 is 2.00 bits per heavy atom. The molecular formula is C17H12FN3S. The number of hydrogen-bond donors (Lipinski definition) is 1. The van der Waals surface area contributed by atoms with Gasteiger partial charge in [-0.3, -0.25) is 0 Å². The largest absolute Gasteiger partial charge is 0.354 e. The normalized spacial score (nSPS) is 10.4. The number of nitriles is 1. The zero-order valence-corrected chi connectivity index (χ0v) is 12.6. The number of benzene rings is 2. The molecule has 3 nitrogen and oxygen atoms in total. The molecule has 1 N–H and O–H groups in total. The maximum atomic E-state index is 13.4. The van der Waals surface area contributed by atoms with E-state index in [1.165, 1.54) is 23.9 Å². The maximum absolute atomic E-state index is 13.4. The van der Waals surface area contributed by atoms with Gasteiger partial charge < -0.3 is 5.32 Å². The molecule has 2 aromatic carbocycles. The lowest BCUT2D eigenvalue weighted by molar-refractivity contribution is 0.628. The molecule has 0 aliphatic rings. The molecule has 0 saturated heterocycles. The third-order valence-corrected chi connectivity index (χ3v) is 3.94. The van der Waals surface area contributed by atoms with Gasteiger partial charge in [-0.2, -0.15) is 5.26 Å². The van der Waals surface area contributed by atoms with Crippen LogP contribution in [0.5, 0.6) is 0 Å². The molecule has 3 aromatic rings. The molecule has 0 atom stereocenters. The van der Waals surface area contributed by atoms with E-state index in [0.717, 1.165) is 10.9 Å². The molecule has 0 unspecified atom stereocenters. The Bertz CT molecular complexity index is 887. The number of nitrogens with one attached hydrogen (secondary N) is 1. The van der Waals surface area contributed by atoms with Crippen molar-refractivity contribution >= 4 is 34.0 Å². The maximum Gasteiger partial charge on any atom is 0.125 e.